The number of carbonyl (C=O) groups is 1. The lowest BCUT2D eigenvalue weighted by Gasteiger charge is -2.15. The molecule has 0 radical (unpaired) electrons. The highest BCUT2D eigenvalue weighted by Crippen LogP contribution is 2.20. The van der Waals surface area contributed by atoms with Gasteiger partial charge in [0.15, 0.2) is 5.78 Å². The van der Waals surface area contributed by atoms with E-state index in [0.29, 0.717) is 12.3 Å². The average molecular weight is 261 g/mol. The summed E-state index contributed by atoms with van der Waals surface area (Å²) in [4.78, 5) is 12.3. The largest absolute Gasteiger partial charge is 0.330 e. The second kappa shape index (κ2) is 8.11. The van der Waals surface area contributed by atoms with E-state index in [4.69, 9.17) is 5.73 Å². The van der Waals surface area contributed by atoms with Crippen molar-refractivity contribution in [2.24, 2.45) is 11.7 Å². The zero-order chi connectivity index (χ0) is 14.3. The third kappa shape index (κ3) is 4.79. The van der Waals surface area contributed by atoms with Crippen LogP contribution in [0.1, 0.15) is 60.5 Å². The van der Waals surface area contributed by atoms with Gasteiger partial charge >= 0.3 is 0 Å². The summed E-state index contributed by atoms with van der Waals surface area (Å²) in [6.07, 6.45) is 5.00. The molecule has 0 aliphatic rings. The second-order valence-electron chi connectivity index (χ2n) is 5.44. The number of ketones is 1. The number of hydrogen-bond donors (Lipinski definition) is 1. The maximum absolute atomic E-state index is 12.3. The lowest BCUT2D eigenvalue weighted by atomic mass is 9.91. The number of aryl methyl sites for hydroxylation is 1. The normalized spacial score (nSPS) is 12.4. The van der Waals surface area contributed by atoms with Crippen LogP contribution in [-0.2, 0) is 0 Å². The van der Waals surface area contributed by atoms with E-state index in [1.54, 1.807) is 0 Å². The maximum atomic E-state index is 12.3. The number of benzene rings is 1. The van der Waals surface area contributed by atoms with Gasteiger partial charge in [0.05, 0.1) is 0 Å². The quantitative estimate of drug-likeness (QED) is 0.718. The molecule has 19 heavy (non-hydrogen) atoms. The Balaban J connectivity index is 2.61. The molecular formula is C17H27NO. The summed E-state index contributed by atoms with van der Waals surface area (Å²) in [5.41, 5.74) is 8.84. The predicted molar refractivity (Wildman–Crippen MR) is 81.5 cm³/mol. The first kappa shape index (κ1) is 15.9. The molecule has 2 heteroatoms. The lowest BCUT2D eigenvalue weighted by Crippen LogP contribution is -2.11. The molecule has 0 saturated heterocycles. The molecule has 1 unspecified atom stereocenters. The van der Waals surface area contributed by atoms with Gasteiger partial charge in [-0.25, -0.2) is 0 Å². The first-order valence-electron chi connectivity index (χ1n) is 7.39. The Bertz CT molecular complexity index is 406. The molecule has 0 fully saturated rings. The van der Waals surface area contributed by atoms with E-state index in [-0.39, 0.29) is 5.78 Å². The first-order chi connectivity index (χ1) is 9.10. The molecule has 2 nitrogen and oxygen atoms in total. The van der Waals surface area contributed by atoms with Crippen molar-refractivity contribution in [2.45, 2.75) is 52.9 Å². The minimum absolute atomic E-state index is 0.277. The fourth-order valence-electron chi connectivity index (χ4n) is 2.60. The van der Waals surface area contributed by atoms with E-state index in [9.17, 15) is 4.79 Å². The Morgan fingerprint density at radius 2 is 1.95 bits per heavy atom. The van der Waals surface area contributed by atoms with Crippen molar-refractivity contribution in [3.63, 3.8) is 0 Å². The van der Waals surface area contributed by atoms with Gasteiger partial charge in [0.2, 0.25) is 0 Å². The van der Waals surface area contributed by atoms with Crippen molar-refractivity contribution in [3.8, 4) is 0 Å². The minimum atomic E-state index is 0.277. The van der Waals surface area contributed by atoms with Crippen molar-refractivity contribution in [1.29, 1.82) is 0 Å². The third-order valence-corrected chi connectivity index (χ3v) is 3.96. The van der Waals surface area contributed by atoms with E-state index >= 15 is 0 Å². The molecule has 0 aromatic heterocycles. The summed E-state index contributed by atoms with van der Waals surface area (Å²) >= 11 is 0. The van der Waals surface area contributed by atoms with Crippen LogP contribution in [0.4, 0.5) is 0 Å². The van der Waals surface area contributed by atoms with Crippen LogP contribution in [0.2, 0.25) is 0 Å². The molecule has 1 rings (SSSR count). The van der Waals surface area contributed by atoms with Crippen LogP contribution in [-0.4, -0.2) is 12.3 Å². The Kier molecular flexibility index (Phi) is 6.79. The minimum Gasteiger partial charge on any atom is -0.330 e. The Labute approximate surface area is 117 Å². The molecule has 2 N–H and O–H groups in total. The van der Waals surface area contributed by atoms with Gasteiger partial charge in [0, 0.05) is 12.0 Å². The smallest absolute Gasteiger partial charge is 0.163 e. The molecule has 0 heterocycles. The molecule has 1 aromatic rings. The molecule has 1 aromatic carbocycles. The van der Waals surface area contributed by atoms with Gasteiger partial charge in [-0.05, 0) is 50.3 Å². The highest BCUT2D eigenvalue weighted by atomic mass is 16.1. The van der Waals surface area contributed by atoms with Crippen LogP contribution in [0.25, 0.3) is 0 Å². The topological polar surface area (TPSA) is 43.1 Å². The fourth-order valence-corrected chi connectivity index (χ4v) is 2.60. The van der Waals surface area contributed by atoms with Crippen LogP contribution >= 0.6 is 0 Å². The maximum Gasteiger partial charge on any atom is 0.163 e. The number of Topliss-reactive ketones (excluding diaryl/α,β-unsaturated/α-hetero) is 1. The zero-order valence-electron chi connectivity index (χ0n) is 12.5. The molecule has 0 spiro atoms. The van der Waals surface area contributed by atoms with Crippen molar-refractivity contribution < 1.29 is 4.79 Å². The van der Waals surface area contributed by atoms with Crippen LogP contribution < -0.4 is 5.73 Å². The van der Waals surface area contributed by atoms with Gasteiger partial charge in [0.1, 0.15) is 0 Å². The number of rotatable bonds is 8. The second-order valence-corrected chi connectivity index (χ2v) is 5.44. The Hall–Kier alpha value is -1.15. The number of hydrogen-bond acceptors (Lipinski definition) is 2. The van der Waals surface area contributed by atoms with Crippen LogP contribution in [0.5, 0.6) is 0 Å². The highest BCUT2D eigenvalue weighted by molar-refractivity contribution is 5.97. The summed E-state index contributed by atoms with van der Waals surface area (Å²) in [5.74, 6) is 0.878. The third-order valence-electron chi connectivity index (χ3n) is 3.96. The van der Waals surface area contributed by atoms with Gasteiger partial charge in [-0.2, -0.15) is 0 Å². The summed E-state index contributed by atoms with van der Waals surface area (Å²) in [6, 6.07) is 5.97. The van der Waals surface area contributed by atoms with E-state index < -0.39 is 0 Å². The van der Waals surface area contributed by atoms with Crippen LogP contribution in [0.3, 0.4) is 0 Å². The summed E-state index contributed by atoms with van der Waals surface area (Å²) in [6.45, 7) is 7.00. The zero-order valence-corrected chi connectivity index (χ0v) is 12.5. The Morgan fingerprint density at radius 1 is 1.21 bits per heavy atom. The van der Waals surface area contributed by atoms with E-state index in [1.807, 2.05) is 19.1 Å². The lowest BCUT2D eigenvalue weighted by molar-refractivity contribution is 0.0971. The van der Waals surface area contributed by atoms with Gasteiger partial charge in [0.25, 0.3) is 0 Å². The number of nitrogens with two attached hydrogens (primary N) is 1. The molecule has 1 atom stereocenters. The summed E-state index contributed by atoms with van der Waals surface area (Å²) in [5, 5.41) is 0. The number of carbonyl (C=O) groups excluding carboxylic acids is 1. The van der Waals surface area contributed by atoms with Crippen molar-refractivity contribution in [2.75, 3.05) is 6.54 Å². The fraction of sp³-hybridized carbons (Fsp3) is 0.588. The molecule has 106 valence electrons. The highest BCUT2D eigenvalue weighted by Gasteiger charge is 2.13. The monoisotopic (exact) mass is 261 g/mol. The standard InChI is InChI=1S/C17H27NO/c1-4-6-15(11-12-18)9-10-17(19)16-8-5-7-13(2)14(16)3/h5,7-8,15H,4,6,9-12,18H2,1-3H3. The predicted octanol–water partition coefficient (Wildman–Crippen LogP) is 4.03. The van der Waals surface area contributed by atoms with E-state index in [0.717, 1.165) is 30.5 Å². The first-order valence-corrected chi connectivity index (χ1v) is 7.39. The van der Waals surface area contributed by atoms with Crippen molar-refractivity contribution >= 4 is 5.78 Å². The van der Waals surface area contributed by atoms with Gasteiger partial charge in [-0.1, -0.05) is 38.0 Å². The van der Waals surface area contributed by atoms with Crippen molar-refractivity contribution in [1.82, 2.24) is 0 Å². The summed E-state index contributed by atoms with van der Waals surface area (Å²) < 4.78 is 0. The molecule has 0 saturated carbocycles. The van der Waals surface area contributed by atoms with Crippen molar-refractivity contribution in [3.05, 3.63) is 34.9 Å². The molecule has 0 aliphatic carbocycles. The molecular weight excluding hydrogens is 234 g/mol. The van der Waals surface area contributed by atoms with E-state index in [2.05, 4.69) is 19.9 Å². The Morgan fingerprint density at radius 3 is 2.58 bits per heavy atom. The molecule has 0 amide bonds. The van der Waals surface area contributed by atoms with Crippen LogP contribution in [0, 0.1) is 19.8 Å². The average Bonchev–Trinajstić information content (AvgIpc) is 2.39. The van der Waals surface area contributed by atoms with Gasteiger partial charge < -0.3 is 5.73 Å². The van der Waals surface area contributed by atoms with Gasteiger partial charge in [-0.3, -0.25) is 4.79 Å². The SMILES string of the molecule is CCCC(CCN)CCC(=O)c1cccc(C)c1C. The van der Waals surface area contributed by atoms with Gasteiger partial charge in [-0.15, -0.1) is 0 Å². The summed E-state index contributed by atoms with van der Waals surface area (Å²) in [7, 11) is 0. The van der Waals surface area contributed by atoms with E-state index in [1.165, 1.54) is 18.4 Å². The molecule has 0 bridgehead atoms. The van der Waals surface area contributed by atoms with Crippen LogP contribution in [0.15, 0.2) is 18.2 Å². The molecule has 0 aliphatic heterocycles.